The Kier molecular flexibility index (Phi) is 4.29. The summed E-state index contributed by atoms with van der Waals surface area (Å²) in [6.07, 6.45) is 2.30. The first-order valence-electron chi connectivity index (χ1n) is 6.37. The lowest BCUT2D eigenvalue weighted by Crippen LogP contribution is -2.52. The van der Waals surface area contributed by atoms with Gasteiger partial charge in [0.25, 0.3) is 5.69 Å². The number of nitro groups is 1. The number of amides is 1. The van der Waals surface area contributed by atoms with Gasteiger partial charge in [-0.1, -0.05) is 0 Å². The van der Waals surface area contributed by atoms with Crippen LogP contribution in [0.15, 0.2) is 29.2 Å². The molecule has 0 spiro atoms. The quantitative estimate of drug-likeness (QED) is 0.636. The van der Waals surface area contributed by atoms with Crippen LogP contribution >= 0.6 is 11.8 Å². The number of non-ortho nitro benzene ring substituents is 1. The highest BCUT2D eigenvalue weighted by Gasteiger charge is 2.43. The normalized spacial score (nSPS) is 25.6. The molecule has 1 amide bonds. The van der Waals surface area contributed by atoms with Crippen molar-refractivity contribution in [2.75, 3.05) is 7.05 Å². The second-order valence-electron chi connectivity index (χ2n) is 4.93. The molecule has 0 radical (unpaired) electrons. The van der Waals surface area contributed by atoms with E-state index in [2.05, 4.69) is 5.32 Å². The molecule has 0 aromatic heterocycles. The van der Waals surface area contributed by atoms with E-state index in [1.807, 2.05) is 0 Å². The number of rotatable bonds is 5. The molecule has 3 N–H and O–H groups in total. The topological polar surface area (TPSA) is 98.3 Å². The highest BCUT2D eigenvalue weighted by atomic mass is 32.2. The third kappa shape index (κ3) is 2.94. The van der Waals surface area contributed by atoms with Crippen LogP contribution in [0.2, 0.25) is 0 Å². The number of thioether (sulfide) groups is 1. The van der Waals surface area contributed by atoms with Crippen LogP contribution in [0.3, 0.4) is 0 Å². The average molecular weight is 295 g/mol. The highest BCUT2D eigenvalue weighted by Crippen LogP contribution is 2.40. The monoisotopic (exact) mass is 295 g/mol. The van der Waals surface area contributed by atoms with Gasteiger partial charge in [0.1, 0.15) is 0 Å². The molecule has 0 bridgehead atoms. The van der Waals surface area contributed by atoms with Crippen LogP contribution in [0, 0.1) is 10.1 Å². The molecule has 1 aliphatic rings. The summed E-state index contributed by atoms with van der Waals surface area (Å²) >= 11 is 1.64. The van der Waals surface area contributed by atoms with Crippen molar-refractivity contribution in [1.29, 1.82) is 0 Å². The molecule has 2 rings (SSSR count). The summed E-state index contributed by atoms with van der Waals surface area (Å²) in [5, 5.41) is 13.9. The molecule has 1 aromatic carbocycles. The fourth-order valence-corrected chi connectivity index (χ4v) is 3.80. The molecular weight excluding hydrogens is 278 g/mol. The summed E-state index contributed by atoms with van der Waals surface area (Å²) in [4.78, 5) is 22.7. The molecule has 1 saturated carbocycles. The number of nitro benzene ring substituents is 1. The van der Waals surface area contributed by atoms with E-state index in [-0.39, 0.29) is 16.8 Å². The number of hydrogen-bond acceptors (Lipinski definition) is 5. The average Bonchev–Trinajstić information content (AvgIpc) is 2.84. The number of carbonyl (C=O) groups excluding carboxylic acids is 1. The predicted octanol–water partition coefficient (Wildman–Crippen LogP) is 1.68. The number of nitrogens with one attached hydrogen (secondary N) is 1. The lowest BCUT2D eigenvalue weighted by Gasteiger charge is -2.24. The van der Waals surface area contributed by atoms with E-state index in [0.29, 0.717) is 6.42 Å². The van der Waals surface area contributed by atoms with Crippen molar-refractivity contribution in [2.24, 2.45) is 5.73 Å². The van der Waals surface area contributed by atoms with Crippen LogP contribution in [0.1, 0.15) is 19.3 Å². The number of hydrogen-bond donors (Lipinski definition) is 2. The molecule has 2 unspecified atom stereocenters. The van der Waals surface area contributed by atoms with Gasteiger partial charge in [-0.15, -0.1) is 11.8 Å². The van der Waals surface area contributed by atoms with E-state index in [1.165, 1.54) is 12.1 Å². The molecule has 0 heterocycles. The van der Waals surface area contributed by atoms with E-state index >= 15 is 0 Å². The summed E-state index contributed by atoms with van der Waals surface area (Å²) in [7, 11) is 1.75. The second kappa shape index (κ2) is 5.80. The first-order valence-corrected chi connectivity index (χ1v) is 7.25. The molecule has 108 valence electrons. The van der Waals surface area contributed by atoms with Crippen molar-refractivity contribution >= 4 is 23.4 Å². The fraction of sp³-hybridized carbons (Fsp3) is 0.462. The van der Waals surface area contributed by atoms with Crippen LogP contribution < -0.4 is 11.1 Å². The van der Waals surface area contributed by atoms with Crippen molar-refractivity contribution in [2.45, 2.75) is 34.9 Å². The molecule has 0 aliphatic heterocycles. The first kappa shape index (κ1) is 14.8. The number of benzene rings is 1. The lowest BCUT2D eigenvalue weighted by atomic mass is 9.97. The zero-order valence-corrected chi connectivity index (χ0v) is 12.0. The van der Waals surface area contributed by atoms with Crippen molar-refractivity contribution in [3.05, 3.63) is 34.4 Å². The van der Waals surface area contributed by atoms with Gasteiger partial charge in [-0.2, -0.15) is 0 Å². The Morgan fingerprint density at radius 3 is 2.60 bits per heavy atom. The maximum absolute atomic E-state index is 11.5. The van der Waals surface area contributed by atoms with Crippen molar-refractivity contribution in [3.63, 3.8) is 0 Å². The number of likely N-dealkylation sites (N-methyl/N-ethyl adjacent to an activating group) is 1. The van der Waals surface area contributed by atoms with E-state index in [4.69, 9.17) is 5.73 Å². The number of nitrogens with zero attached hydrogens (tertiary/aromatic N) is 1. The molecule has 2 atom stereocenters. The Bertz CT molecular complexity index is 520. The molecule has 6 nitrogen and oxygen atoms in total. The molecule has 1 aromatic rings. The Balaban J connectivity index is 2.01. The number of carbonyl (C=O) groups is 1. The van der Waals surface area contributed by atoms with Gasteiger partial charge in [0.2, 0.25) is 5.91 Å². The van der Waals surface area contributed by atoms with Crippen molar-refractivity contribution in [3.8, 4) is 0 Å². The second-order valence-corrected chi connectivity index (χ2v) is 6.30. The van der Waals surface area contributed by atoms with Crippen LogP contribution in [0.4, 0.5) is 5.69 Å². The van der Waals surface area contributed by atoms with Gasteiger partial charge < -0.3 is 11.1 Å². The number of nitrogens with two attached hydrogens (primary N) is 1. The first-order chi connectivity index (χ1) is 9.47. The minimum Gasteiger partial charge on any atom is -0.368 e. The van der Waals surface area contributed by atoms with Gasteiger partial charge >= 0.3 is 0 Å². The molecular formula is C13H17N3O3S. The maximum atomic E-state index is 11.5. The summed E-state index contributed by atoms with van der Waals surface area (Å²) < 4.78 is 0. The van der Waals surface area contributed by atoms with Gasteiger partial charge in [-0.3, -0.25) is 14.9 Å². The Hall–Kier alpha value is -1.60. The van der Waals surface area contributed by atoms with Gasteiger partial charge in [0.05, 0.1) is 10.5 Å². The Morgan fingerprint density at radius 2 is 2.15 bits per heavy atom. The summed E-state index contributed by atoms with van der Waals surface area (Å²) in [6, 6.07) is 6.48. The van der Waals surface area contributed by atoms with Gasteiger partial charge in [-0.05, 0) is 38.4 Å². The van der Waals surface area contributed by atoms with Crippen LogP contribution in [0.25, 0.3) is 0 Å². The largest absolute Gasteiger partial charge is 0.368 e. The third-order valence-electron chi connectivity index (χ3n) is 3.77. The standard InChI is InChI=1S/C13H17N3O3S/c1-15-13(12(14)17)7-6-11(8-13)20-10-4-2-9(3-5-10)16(18)19/h2-5,11,15H,6-8H2,1H3,(H2,14,17). The van der Waals surface area contributed by atoms with E-state index in [1.54, 1.807) is 30.9 Å². The van der Waals surface area contributed by atoms with Gasteiger partial charge in [0, 0.05) is 22.3 Å². The fourth-order valence-electron chi connectivity index (χ4n) is 2.51. The zero-order chi connectivity index (χ0) is 14.8. The van der Waals surface area contributed by atoms with E-state index in [9.17, 15) is 14.9 Å². The molecule has 0 saturated heterocycles. The van der Waals surface area contributed by atoms with E-state index < -0.39 is 10.5 Å². The van der Waals surface area contributed by atoms with Crippen molar-refractivity contribution in [1.82, 2.24) is 5.32 Å². The highest BCUT2D eigenvalue weighted by molar-refractivity contribution is 8.00. The number of primary amides is 1. The van der Waals surface area contributed by atoms with Gasteiger partial charge in [0.15, 0.2) is 0 Å². The molecule has 1 fully saturated rings. The SMILES string of the molecule is CNC1(C(N)=O)CCC(Sc2ccc([N+](=O)[O-])cc2)C1. The summed E-state index contributed by atoms with van der Waals surface area (Å²) in [5.74, 6) is -0.313. The van der Waals surface area contributed by atoms with Crippen LogP contribution in [-0.4, -0.2) is 28.7 Å². The minimum atomic E-state index is -0.613. The third-order valence-corrected chi connectivity index (χ3v) is 5.05. The Morgan fingerprint density at radius 1 is 1.50 bits per heavy atom. The predicted molar refractivity (Wildman–Crippen MR) is 77.6 cm³/mol. The molecule has 20 heavy (non-hydrogen) atoms. The minimum absolute atomic E-state index is 0.0856. The summed E-state index contributed by atoms with van der Waals surface area (Å²) in [5.41, 5.74) is 4.94. The Labute approximate surface area is 121 Å². The van der Waals surface area contributed by atoms with Gasteiger partial charge in [-0.25, -0.2) is 0 Å². The maximum Gasteiger partial charge on any atom is 0.269 e. The zero-order valence-electron chi connectivity index (χ0n) is 11.2. The van der Waals surface area contributed by atoms with Crippen molar-refractivity contribution < 1.29 is 9.72 Å². The smallest absolute Gasteiger partial charge is 0.269 e. The molecule has 1 aliphatic carbocycles. The molecule has 7 heteroatoms. The van der Waals surface area contributed by atoms with E-state index in [0.717, 1.165) is 17.7 Å². The lowest BCUT2D eigenvalue weighted by molar-refractivity contribution is -0.384. The van der Waals surface area contributed by atoms with Crippen LogP contribution in [0.5, 0.6) is 0 Å². The van der Waals surface area contributed by atoms with Crippen LogP contribution in [-0.2, 0) is 4.79 Å². The summed E-state index contributed by atoms with van der Waals surface area (Å²) in [6.45, 7) is 0.